The predicted octanol–water partition coefficient (Wildman–Crippen LogP) is 2.11. The number of nitrogen functional groups attached to an aromatic ring is 1. The Morgan fingerprint density at radius 1 is 1.47 bits per heavy atom. The van der Waals surface area contributed by atoms with Gasteiger partial charge < -0.3 is 15.5 Å². The third-order valence-corrected chi connectivity index (χ3v) is 3.81. The van der Waals surface area contributed by atoms with Crippen molar-refractivity contribution in [3.05, 3.63) is 23.8 Å². The van der Waals surface area contributed by atoms with Gasteiger partial charge in [0.15, 0.2) is 0 Å². The minimum absolute atomic E-state index is 0.666. The Bertz CT molecular complexity index is 369. The van der Waals surface area contributed by atoms with Gasteiger partial charge in [-0.2, -0.15) is 0 Å². The molecule has 1 aliphatic heterocycles. The van der Waals surface area contributed by atoms with Crippen LogP contribution in [-0.2, 0) is 0 Å². The number of nitrogens with zero attached hydrogens (tertiary/aromatic N) is 2. The highest BCUT2D eigenvalue weighted by Gasteiger charge is 2.23. The van der Waals surface area contributed by atoms with E-state index in [-0.39, 0.29) is 0 Å². The Labute approximate surface area is 104 Å². The summed E-state index contributed by atoms with van der Waals surface area (Å²) in [5.74, 6) is 0. The van der Waals surface area contributed by atoms with Crippen LogP contribution in [0.15, 0.2) is 18.2 Å². The van der Waals surface area contributed by atoms with Crippen molar-refractivity contribution in [2.24, 2.45) is 0 Å². The lowest BCUT2D eigenvalue weighted by atomic mass is 10.1. The summed E-state index contributed by atoms with van der Waals surface area (Å²) in [5.41, 5.74) is 9.40. The zero-order chi connectivity index (χ0) is 12.4. The van der Waals surface area contributed by atoms with E-state index in [1.54, 1.807) is 0 Å². The molecule has 17 heavy (non-hydrogen) atoms. The van der Waals surface area contributed by atoms with Crippen LogP contribution in [0.3, 0.4) is 0 Å². The second-order valence-corrected chi connectivity index (χ2v) is 5.17. The van der Waals surface area contributed by atoms with Crippen LogP contribution in [0, 0.1) is 6.92 Å². The van der Waals surface area contributed by atoms with E-state index >= 15 is 0 Å². The Morgan fingerprint density at radius 2 is 2.24 bits per heavy atom. The van der Waals surface area contributed by atoms with E-state index in [1.165, 1.54) is 30.6 Å². The molecule has 1 saturated heterocycles. The third kappa shape index (κ3) is 2.55. The summed E-state index contributed by atoms with van der Waals surface area (Å²) < 4.78 is 0. The van der Waals surface area contributed by atoms with Crippen molar-refractivity contribution in [3.63, 3.8) is 0 Å². The summed E-state index contributed by atoms with van der Waals surface area (Å²) in [7, 11) is 4.36. The van der Waals surface area contributed by atoms with E-state index in [2.05, 4.69) is 36.9 Å². The number of anilines is 2. The fourth-order valence-electron chi connectivity index (χ4n) is 2.82. The van der Waals surface area contributed by atoms with Gasteiger partial charge in [-0.1, -0.05) is 12.1 Å². The molecule has 3 nitrogen and oxygen atoms in total. The van der Waals surface area contributed by atoms with Gasteiger partial charge in [-0.3, -0.25) is 0 Å². The minimum atomic E-state index is 0.666. The minimum Gasteiger partial charge on any atom is -0.397 e. The standard InChI is InChI=1S/C14H23N3/c1-11-6-4-8-13(15)14(11)17(3)10-12-7-5-9-16(12)2/h4,6,8,12H,5,7,9-10,15H2,1-3H3. The van der Waals surface area contributed by atoms with Crippen molar-refractivity contribution in [1.82, 2.24) is 4.90 Å². The summed E-state index contributed by atoms with van der Waals surface area (Å²) in [6, 6.07) is 6.79. The molecule has 1 atom stereocenters. The summed E-state index contributed by atoms with van der Waals surface area (Å²) in [6.07, 6.45) is 2.62. The first-order valence-corrected chi connectivity index (χ1v) is 6.36. The van der Waals surface area contributed by atoms with Crippen molar-refractivity contribution in [1.29, 1.82) is 0 Å². The van der Waals surface area contributed by atoms with Crippen molar-refractivity contribution in [3.8, 4) is 0 Å². The molecule has 94 valence electrons. The first-order valence-electron chi connectivity index (χ1n) is 6.36. The van der Waals surface area contributed by atoms with E-state index in [0.29, 0.717) is 6.04 Å². The van der Waals surface area contributed by atoms with Crippen LogP contribution in [0.2, 0.25) is 0 Å². The molecule has 1 fully saturated rings. The fourth-order valence-corrected chi connectivity index (χ4v) is 2.82. The zero-order valence-electron chi connectivity index (χ0n) is 11.1. The summed E-state index contributed by atoms with van der Waals surface area (Å²) >= 11 is 0. The molecule has 1 aromatic carbocycles. The molecule has 2 N–H and O–H groups in total. The summed E-state index contributed by atoms with van der Waals surface area (Å²) in [4.78, 5) is 4.75. The Balaban J connectivity index is 2.11. The van der Waals surface area contributed by atoms with Gasteiger partial charge in [-0.15, -0.1) is 0 Å². The first kappa shape index (κ1) is 12.2. The van der Waals surface area contributed by atoms with Crippen LogP contribution in [0.25, 0.3) is 0 Å². The van der Waals surface area contributed by atoms with Crippen molar-refractivity contribution >= 4 is 11.4 Å². The topological polar surface area (TPSA) is 32.5 Å². The van der Waals surface area contributed by atoms with Crippen molar-refractivity contribution in [2.75, 3.05) is 37.8 Å². The van der Waals surface area contributed by atoms with Gasteiger partial charge in [0.2, 0.25) is 0 Å². The van der Waals surface area contributed by atoms with Gasteiger partial charge in [-0.25, -0.2) is 0 Å². The van der Waals surface area contributed by atoms with Crippen LogP contribution < -0.4 is 10.6 Å². The molecule has 3 heteroatoms. The molecular formula is C14H23N3. The molecular weight excluding hydrogens is 210 g/mol. The van der Waals surface area contributed by atoms with E-state index in [1.807, 2.05) is 12.1 Å². The second kappa shape index (κ2) is 4.96. The maximum Gasteiger partial charge on any atom is 0.0627 e. The van der Waals surface area contributed by atoms with Gasteiger partial charge in [0, 0.05) is 19.6 Å². The van der Waals surface area contributed by atoms with Crippen molar-refractivity contribution < 1.29 is 0 Å². The van der Waals surface area contributed by atoms with E-state index in [9.17, 15) is 0 Å². The molecule has 0 spiro atoms. The molecule has 1 unspecified atom stereocenters. The molecule has 0 radical (unpaired) electrons. The number of likely N-dealkylation sites (tertiary alicyclic amines) is 1. The summed E-state index contributed by atoms with van der Waals surface area (Å²) in [5, 5.41) is 0. The molecule has 2 rings (SSSR count). The van der Waals surface area contributed by atoms with Gasteiger partial charge in [-0.05, 0) is 45.0 Å². The van der Waals surface area contributed by atoms with Crippen LogP contribution >= 0.6 is 0 Å². The van der Waals surface area contributed by atoms with Crippen LogP contribution in [0.5, 0.6) is 0 Å². The number of aryl methyl sites for hydroxylation is 1. The maximum atomic E-state index is 6.08. The van der Waals surface area contributed by atoms with E-state index in [0.717, 1.165) is 12.2 Å². The van der Waals surface area contributed by atoms with Gasteiger partial charge in [0.1, 0.15) is 0 Å². The number of hydrogen-bond donors (Lipinski definition) is 1. The van der Waals surface area contributed by atoms with Gasteiger partial charge in [0.05, 0.1) is 11.4 Å². The van der Waals surface area contributed by atoms with Crippen LogP contribution in [-0.4, -0.2) is 38.1 Å². The first-order chi connectivity index (χ1) is 8.09. The van der Waals surface area contributed by atoms with E-state index < -0.39 is 0 Å². The zero-order valence-corrected chi connectivity index (χ0v) is 11.1. The molecule has 0 aromatic heterocycles. The third-order valence-electron chi connectivity index (χ3n) is 3.81. The molecule has 0 bridgehead atoms. The highest BCUT2D eigenvalue weighted by atomic mass is 15.2. The molecule has 1 aliphatic rings. The smallest absolute Gasteiger partial charge is 0.0627 e. The molecule has 0 saturated carbocycles. The second-order valence-electron chi connectivity index (χ2n) is 5.17. The lowest BCUT2D eigenvalue weighted by Gasteiger charge is -2.29. The largest absolute Gasteiger partial charge is 0.397 e. The van der Waals surface area contributed by atoms with E-state index in [4.69, 9.17) is 5.73 Å². The highest BCUT2D eigenvalue weighted by molar-refractivity contribution is 5.71. The average Bonchev–Trinajstić information content (AvgIpc) is 2.64. The van der Waals surface area contributed by atoms with Gasteiger partial charge >= 0.3 is 0 Å². The average molecular weight is 233 g/mol. The number of rotatable bonds is 3. The van der Waals surface area contributed by atoms with Crippen LogP contribution in [0.4, 0.5) is 11.4 Å². The Morgan fingerprint density at radius 3 is 2.82 bits per heavy atom. The maximum absolute atomic E-state index is 6.08. The predicted molar refractivity (Wildman–Crippen MR) is 74.5 cm³/mol. The number of hydrogen-bond acceptors (Lipinski definition) is 3. The molecule has 1 aromatic rings. The Kier molecular flexibility index (Phi) is 3.57. The quantitative estimate of drug-likeness (QED) is 0.812. The molecule has 1 heterocycles. The molecule has 0 amide bonds. The number of nitrogens with two attached hydrogens (primary N) is 1. The van der Waals surface area contributed by atoms with Crippen molar-refractivity contribution in [2.45, 2.75) is 25.8 Å². The van der Waals surface area contributed by atoms with Crippen LogP contribution in [0.1, 0.15) is 18.4 Å². The summed E-state index contributed by atoms with van der Waals surface area (Å²) in [6.45, 7) is 4.41. The van der Waals surface area contributed by atoms with Gasteiger partial charge in [0.25, 0.3) is 0 Å². The number of likely N-dealkylation sites (N-methyl/N-ethyl adjacent to an activating group) is 2. The normalized spacial score (nSPS) is 20.8. The fraction of sp³-hybridized carbons (Fsp3) is 0.571. The molecule has 0 aliphatic carbocycles. The highest BCUT2D eigenvalue weighted by Crippen LogP contribution is 2.27. The number of benzene rings is 1. The lowest BCUT2D eigenvalue weighted by Crippen LogP contribution is -2.37. The number of para-hydroxylation sites is 1. The lowest BCUT2D eigenvalue weighted by molar-refractivity contribution is 0.314. The SMILES string of the molecule is Cc1cccc(N)c1N(C)CC1CCCN1C. The monoisotopic (exact) mass is 233 g/mol. The Hall–Kier alpha value is -1.22.